The molecule has 0 saturated carbocycles. The topological polar surface area (TPSA) is 44.8 Å². The molecule has 1 fully saturated rings. The van der Waals surface area contributed by atoms with Gasteiger partial charge in [-0.25, -0.2) is 4.79 Å². The third kappa shape index (κ3) is 3.80. The Hall–Kier alpha value is -1.27. The molecule has 3 rings (SSSR count). The summed E-state index contributed by atoms with van der Waals surface area (Å²) in [6, 6.07) is 2.82. The van der Waals surface area contributed by atoms with Crippen molar-refractivity contribution in [1.29, 1.82) is 0 Å². The molecule has 2 amide bonds. The molecule has 128 valence electrons. The monoisotopic (exact) mass is 337 g/mol. The van der Waals surface area contributed by atoms with Crippen LogP contribution in [0.2, 0.25) is 0 Å². The van der Waals surface area contributed by atoms with Crippen molar-refractivity contribution in [3.63, 3.8) is 0 Å². The molecule has 3 heterocycles. The molecule has 0 radical (unpaired) electrons. The molecule has 5 nitrogen and oxygen atoms in total. The number of hydrogen-bond acceptors (Lipinski definition) is 4. The maximum Gasteiger partial charge on any atom is 0.317 e. The zero-order chi connectivity index (χ0) is 16.4. The van der Waals surface area contributed by atoms with E-state index in [9.17, 15) is 4.79 Å². The third-order valence-electron chi connectivity index (χ3n) is 4.85. The van der Waals surface area contributed by atoms with Gasteiger partial charge in [-0.1, -0.05) is 0 Å². The Labute approximate surface area is 142 Å². The lowest BCUT2D eigenvalue weighted by Gasteiger charge is -2.34. The number of urea groups is 1. The zero-order valence-corrected chi connectivity index (χ0v) is 15.1. The second-order valence-corrected chi connectivity index (χ2v) is 7.79. The van der Waals surface area contributed by atoms with Crippen molar-refractivity contribution in [2.45, 2.75) is 51.8 Å². The maximum absolute atomic E-state index is 11.8. The summed E-state index contributed by atoms with van der Waals surface area (Å²) in [5, 5.41) is 3.73. The van der Waals surface area contributed by atoms with Gasteiger partial charge >= 0.3 is 6.03 Å². The number of ether oxygens (including phenoxy) is 1. The highest BCUT2D eigenvalue weighted by Crippen LogP contribution is 2.35. The molecular weight excluding hydrogens is 310 g/mol. The van der Waals surface area contributed by atoms with Crippen LogP contribution >= 0.6 is 11.3 Å². The van der Waals surface area contributed by atoms with Crippen LogP contribution in [-0.4, -0.2) is 54.7 Å². The molecule has 1 N–H and O–H groups in total. The highest BCUT2D eigenvalue weighted by atomic mass is 32.1. The first-order valence-electron chi connectivity index (χ1n) is 8.55. The van der Waals surface area contributed by atoms with Gasteiger partial charge in [-0.05, 0) is 44.7 Å². The van der Waals surface area contributed by atoms with Gasteiger partial charge in [-0.15, -0.1) is 11.3 Å². The SMILES string of the molecule is CNC(=O)N1CCc2cc(OC3CCN(C(C)C)CC3)sc2C1. The maximum atomic E-state index is 11.8. The molecule has 2 aliphatic rings. The minimum absolute atomic E-state index is 0.00701. The van der Waals surface area contributed by atoms with Crippen LogP contribution in [0.5, 0.6) is 5.06 Å². The van der Waals surface area contributed by atoms with E-state index >= 15 is 0 Å². The molecule has 23 heavy (non-hydrogen) atoms. The van der Waals surface area contributed by atoms with E-state index in [1.54, 1.807) is 18.4 Å². The Morgan fingerprint density at radius 1 is 1.35 bits per heavy atom. The highest BCUT2D eigenvalue weighted by molar-refractivity contribution is 7.14. The number of carbonyl (C=O) groups is 1. The van der Waals surface area contributed by atoms with Crippen molar-refractivity contribution in [2.75, 3.05) is 26.7 Å². The number of nitrogens with one attached hydrogen (secondary N) is 1. The van der Waals surface area contributed by atoms with Crippen molar-refractivity contribution < 1.29 is 9.53 Å². The van der Waals surface area contributed by atoms with Gasteiger partial charge in [0.1, 0.15) is 6.10 Å². The van der Waals surface area contributed by atoms with Gasteiger partial charge in [0.25, 0.3) is 0 Å². The number of amides is 2. The first-order valence-corrected chi connectivity index (χ1v) is 9.37. The van der Waals surface area contributed by atoms with E-state index in [1.807, 2.05) is 4.90 Å². The Bertz CT molecular complexity index is 550. The lowest BCUT2D eigenvalue weighted by atomic mass is 10.1. The van der Waals surface area contributed by atoms with Gasteiger partial charge in [-0.2, -0.15) is 0 Å². The first kappa shape index (κ1) is 16.6. The second-order valence-electron chi connectivity index (χ2n) is 6.69. The van der Waals surface area contributed by atoms with Crippen molar-refractivity contribution >= 4 is 17.4 Å². The minimum atomic E-state index is 0.00701. The van der Waals surface area contributed by atoms with Gasteiger partial charge in [0, 0.05) is 37.6 Å². The van der Waals surface area contributed by atoms with Gasteiger partial charge in [0.05, 0.1) is 6.54 Å². The molecule has 0 aromatic carbocycles. The van der Waals surface area contributed by atoms with E-state index in [4.69, 9.17) is 4.74 Å². The van der Waals surface area contributed by atoms with Gasteiger partial charge < -0.3 is 19.9 Å². The third-order valence-corrected chi connectivity index (χ3v) is 5.90. The molecule has 2 aliphatic heterocycles. The molecule has 0 atom stereocenters. The molecule has 1 aromatic heterocycles. The van der Waals surface area contributed by atoms with E-state index in [2.05, 4.69) is 30.1 Å². The van der Waals surface area contributed by atoms with E-state index < -0.39 is 0 Å². The number of carbonyl (C=O) groups excluding carboxylic acids is 1. The average molecular weight is 337 g/mol. The lowest BCUT2D eigenvalue weighted by molar-refractivity contribution is 0.0868. The number of fused-ring (bicyclic) bond motifs is 1. The summed E-state index contributed by atoms with van der Waals surface area (Å²) >= 11 is 1.71. The second kappa shape index (κ2) is 7.09. The Kier molecular flexibility index (Phi) is 5.11. The smallest absolute Gasteiger partial charge is 0.317 e. The van der Waals surface area contributed by atoms with E-state index in [1.165, 1.54) is 10.4 Å². The summed E-state index contributed by atoms with van der Waals surface area (Å²) in [5.74, 6) is 0. The number of nitrogens with zero attached hydrogens (tertiary/aromatic N) is 2. The van der Waals surface area contributed by atoms with Gasteiger partial charge in [0.2, 0.25) is 0 Å². The Balaban J connectivity index is 1.57. The standard InChI is InChI=1S/C17H27N3O2S/c1-12(2)19-8-5-14(6-9-19)22-16-10-13-4-7-20(17(21)18-3)11-15(13)23-16/h10,12,14H,4-9,11H2,1-3H3,(H,18,21). The highest BCUT2D eigenvalue weighted by Gasteiger charge is 2.25. The number of hydrogen-bond donors (Lipinski definition) is 1. The fourth-order valence-electron chi connectivity index (χ4n) is 3.36. The fourth-order valence-corrected chi connectivity index (χ4v) is 4.50. The van der Waals surface area contributed by atoms with Crippen LogP contribution in [0.1, 0.15) is 37.1 Å². The summed E-state index contributed by atoms with van der Waals surface area (Å²) < 4.78 is 6.23. The Morgan fingerprint density at radius 2 is 2.09 bits per heavy atom. The summed E-state index contributed by atoms with van der Waals surface area (Å²) in [6.45, 7) is 8.25. The number of thiophene rings is 1. The van der Waals surface area contributed by atoms with Crippen LogP contribution in [-0.2, 0) is 13.0 Å². The van der Waals surface area contributed by atoms with Gasteiger partial charge in [-0.3, -0.25) is 0 Å². The minimum Gasteiger partial charge on any atom is -0.481 e. The predicted octanol–water partition coefficient (Wildman–Crippen LogP) is 2.70. The molecule has 0 unspecified atom stereocenters. The van der Waals surface area contributed by atoms with E-state index in [-0.39, 0.29) is 6.03 Å². The van der Waals surface area contributed by atoms with Crippen molar-refractivity contribution in [1.82, 2.24) is 15.1 Å². The van der Waals surface area contributed by atoms with Crippen LogP contribution < -0.4 is 10.1 Å². The molecule has 6 heteroatoms. The predicted molar refractivity (Wildman–Crippen MR) is 93.2 cm³/mol. The number of rotatable bonds is 3. The molecule has 1 saturated heterocycles. The molecule has 0 aliphatic carbocycles. The summed E-state index contributed by atoms with van der Waals surface area (Å²) in [5.41, 5.74) is 1.35. The average Bonchev–Trinajstić information content (AvgIpc) is 2.95. The fraction of sp³-hybridized carbons (Fsp3) is 0.706. The van der Waals surface area contributed by atoms with Crippen molar-refractivity contribution in [2.24, 2.45) is 0 Å². The summed E-state index contributed by atoms with van der Waals surface area (Å²) in [6.07, 6.45) is 3.46. The van der Waals surface area contributed by atoms with Crippen LogP contribution in [0.15, 0.2) is 6.07 Å². The van der Waals surface area contributed by atoms with Crippen LogP contribution in [0, 0.1) is 0 Å². The van der Waals surface area contributed by atoms with Crippen molar-refractivity contribution in [3.05, 3.63) is 16.5 Å². The van der Waals surface area contributed by atoms with Crippen LogP contribution in [0.25, 0.3) is 0 Å². The summed E-state index contributed by atoms with van der Waals surface area (Å²) in [7, 11) is 1.68. The molecule has 1 aromatic rings. The molecular formula is C17H27N3O2S. The van der Waals surface area contributed by atoms with E-state index in [0.29, 0.717) is 18.7 Å². The first-order chi connectivity index (χ1) is 11.1. The lowest BCUT2D eigenvalue weighted by Crippen LogP contribution is -2.41. The quantitative estimate of drug-likeness (QED) is 0.922. The van der Waals surface area contributed by atoms with Gasteiger partial charge in [0.15, 0.2) is 5.06 Å². The Morgan fingerprint density at radius 3 is 2.74 bits per heavy atom. The van der Waals surface area contributed by atoms with E-state index in [0.717, 1.165) is 44.0 Å². The molecule has 0 spiro atoms. The van der Waals surface area contributed by atoms with Crippen LogP contribution in [0.4, 0.5) is 4.79 Å². The normalized spacial score (nSPS) is 19.7. The van der Waals surface area contributed by atoms with Crippen molar-refractivity contribution in [3.8, 4) is 5.06 Å². The summed E-state index contributed by atoms with van der Waals surface area (Å²) in [4.78, 5) is 17.4. The zero-order valence-electron chi connectivity index (χ0n) is 14.3. The molecule has 0 bridgehead atoms. The van der Waals surface area contributed by atoms with Crippen LogP contribution in [0.3, 0.4) is 0 Å². The largest absolute Gasteiger partial charge is 0.481 e. The number of likely N-dealkylation sites (tertiary alicyclic amines) is 1. The number of piperidine rings is 1.